The summed E-state index contributed by atoms with van der Waals surface area (Å²) in [6.07, 6.45) is 0. The number of benzene rings is 1. The summed E-state index contributed by atoms with van der Waals surface area (Å²) < 4.78 is 26.1. The normalized spacial score (nSPS) is 12.9. The van der Waals surface area contributed by atoms with Crippen LogP contribution >= 0.6 is 0 Å². The van der Waals surface area contributed by atoms with Crippen molar-refractivity contribution in [3.05, 3.63) is 35.4 Å². The largest absolute Gasteiger partial charge is 0.395 e. The molecule has 0 heterocycles. The van der Waals surface area contributed by atoms with Gasteiger partial charge in [0, 0.05) is 17.9 Å². The number of alkyl halides is 2. The van der Waals surface area contributed by atoms with Gasteiger partial charge in [-0.1, -0.05) is 32.0 Å². The first-order valence-electron chi connectivity index (χ1n) is 4.87. The molecule has 3 heteroatoms. The Labute approximate surface area is 88.7 Å². The molecule has 1 aromatic carbocycles. The van der Waals surface area contributed by atoms with E-state index in [9.17, 15) is 8.78 Å². The van der Waals surface area contributed by atoms with Crippen LogP contribution in [0.3, 0.4) is 0 Å². The lowest BCUT2D eigenvalue weighted by atomic mass is 9.84. The second kappa shape index (κ2) is 3.89. The van der Waals surface area contributed by atoms with E-state index in [1.165, 1.54) is 12.1 Å². The molecule has 1 nitrogen and oxygen atoms in total. The van der Waals surface area contributed by atoms with E-state index in [0.717, 1.165) is 12.5 Å². The van der Waals surface area contributed by atoms with Crippen LogP contribution in [0, 0.1) is 0 Å². The summed E-state index contributed by atoms with van der Waals surface area (Å²) >= 11 is 0. The number of aliphatic hydroxyl groups excluding tert-OH is 1. The van der Waals surface area contributed by atoms with Crippen molar-refractivity contribution in [2.24, 2.45) is 0 Å². The Kier molecular flexibility index (Phi) is 3.14. The average molecular weight is 214 g/mol. The van der Waals surface area contributed by atoms with Crippen LogP contribution in [0.2, 0.25) is 0 Å². The standard InChI is InChI=1S/C12H16F2O/c1-11(2,8-15)9-5-4-6-10(7-9)12(3,13)14/h4-7,15H,8H2,1-3H3. The van der Waals surface area contributed by atoms with Crippen LogP contribution in [0.15, 0.2) is 24.3 Å². The van der Waals surface area contributed by atoms with Crippen LogP contribution in [0.1, 0.15) is 31.9 Å². The van der Waals surface area contributed by atoms with Crippen LogP contribution in [-0.4, -0.2) is 11.7 Å². The molecular weight excluding hydrogens is 198 g/mol. The summed E-state index contributed by atoms with van der Waals surface area (Å²) in [5.74, 6) is -2.83. The van der Waals surface area contributed by atoms with Crippen LogP contribution in [0.25, 0.3) is 0 Å². The van der Waals surface area contributed by atoms with E-state index in [1.807, 2.05) is 13.8 Å². The van der Waals surface area contributed by atoms with Crippen molar-refractivity contribution in [3.8, 4) is 0 Å². The highest BCUT2D eigenvalue weighted by Crippen LogP contribution is 2.30. The Bertz CT molecular complexity index is 340. The number of aliphatic hydroxyl groups is 1. The summed E-state index contributed by atoms with van der Waals surface area (Å²) in [6.45, 7) is 4.45. The predicted molar refractivity (Wildman–Crippen MR) is 56.1 cm³/mol. The number of halogens is 2. The Balaban J connectivity index is 3.14. The molecular formula is C12H16F2O. The highest BCUT2D eigenvalue weighted by Gasteiger charge is 2.27. The lowest BCUT2D eigenvalue weighted by Crippen LogP contribution is -2.22. The molecule has 0 amide bonds. The molecule has 0 aliphatic heterocycles. The van der Waals surface area contributed by atoms with Crippen LogP contribution in [0.4, 0.5) is 8.78 Å². The van der Waals surface area contributed by atoms with Gasteiger partial charge in [0.05, 0.1) is 6.61 Å². The first-order valence-corrected chi connectivity index (χ1v) is 4.87. The molecule has 1 rings (SSSR count). The first kappa shape index (κ1) is 12.1. The van der Waals surface area contributed by atoms with Gasteiger partial charge in [0.25, 0.3) is 5.92 Å². The maximum absolute atomic E-state index is 13.1. The molecule has 1 aromatic rings. The van der Waals surface area contributed by atoms with Crippen LogP contribution in [-0.2, 0) is 11.3 Å². The Morgan fingerprint density at radius 2 is 1.67 bits per heavy atom. The fraction of sp³-hybridized carbons (Fsp3) is 0.500. The van der Waals surface area contributed by atoms with Crippen molar-refractivity contribution in [2.75, 3.05) is 6.61 Å². The molecule has 0 radical (unpaired) electrons. The molecule has 0 bridgehead atoms. The van der Waals surface area contributed by atoms with E-state index in [-0.39, 0.29) is 12.2 Å². The van der Waals surface area contributed by atoms with Crippen molar-refractivity contribution in [3.63, 3.8) is 0 Å². The average Bonchev–Trinajstić information content (AvgIpc) is 2.17. The third-order valence-corrected chi connectivity index (χ3v) is 2.55. The van der Waals surface area contributed by atoms with Gasteiger partial charge >= 0.3 is 0 Å². The zero-order valence-electron chi connectivity index (χ0n) is 9.22. The topological polar surface area (TPSA) is 20.2 Å². The van der Waals surface area contributed by atoms with Gasteiger partial charge in [-0.3, -0.25) is 0 Å². The van der Waals surface area contributed by atoms with Gasteiger partial charge in [0.15, 0.2) is 0 Å². The van der Waals surface area contributed by atoms with Gasteiger partial charge in [0.2, 0.25) is 0 Å². The zero-order valence-corrected chi connectivity index (χ0v) is 9.22. The van der Waals surface area contributed by atoms with Gasteiger partial charge in [-0.05, 0) is 11.6 Å². The van der Waals surface area contributed by atoms with Crippen LogP contribution < -0.4 is 0 Å². The number of hydrogen-bond acceptors (Lipinski definition) is 1. The van der Waals surface area contributed by atoms with Crippen molar-refractivity contribution in [1.29, 1.82) is 0 Å². The lowest BCUT2D eigenvalue weighted by molar-refractivity contribution is 0.0173. The van der Waals surface area contributed by atoms with E-state index in [2.05, 4.69) is 0 Å². The molecule has 0 atom stereocenters. The van der Waals surface area contributed by atoms with Gasteiger partial charge in [-0.15, -0.1) is 0 Å². The SMILES string of the molecule is CC(F)(F)c1cccc(C(C)(C)CO)c1. The quantitative estimate of drug-likeness (QED) is 0.819. The first-order chi connectivity index (χ1) is 6.77. The summed E-state index contributed by atoms with van der Waals surface area (Å²) in [6, 6.07) is 6.21. The maximum atomic E-state index is 13.1. The lowest BCUT2D eigenvalue weighted by Gasteiger charge is -2.23. The highest BCUT2D eigenvalue weighted by atomic mass is 19.3. The molecule has 0 fully saturated rings. The van der Waals surface area contributed by atoms with E-state index < -0.39 is 11.3 Å². The van der Waals surface area contributed by atoms with Crippen molar-refractivity contribution < 1.29 is 13.9 Å². The monoisotopic (exact) mass is 214 g/mol. The Morgan fingerprint density at radius 3 is 2.13 bits per heavy atom. The maximum Gasteiger partial charge on any atom is 0.270 e. The second-order valence-corrected chi connectivity index (χ2v) is 4.51. The van der Waals surface area contributed by atoms with Gasteiger partial charge in [-0.25, -0.2) is 8.78 Å². The number of rotatable bonds is 3. The Morgan fingerprint density at radius 1 is 1.13 bits per heavy atom. The minimum absolute atomic E-state index is 0.0125. The third-order valence-electron chi connectivity index (χ3n) is 2.55. The van der Waals surface area contributed by atoms with Crippen molar-refractivity contribution in [1.82, 2.24) is 0 Å². The molecule has 0 spiro atoms. The molecule has 0 saturated carbocycles. The van der Waals surface area contributed by atoms with Gasteiger partial charge in [-0.2, -0.15) is 0 Å². The van der Waals surface area contributed by atoms with E-state index in [1.54, 1.807) is 12.1 Å². The molecule has 0 unspecified atom stereocenters. The van der Waals surface area contributed by atoms with Crippen molar-refractivity contribution in [2.45, 2.75) is 32.1 Å². The molecule has 0 aliphatic carbocycles. The second-order valence-electron chi connectivity index (χ2n) is 4.51. The molecule has 1 N–H and O–H groups in total. The summed E-state index contributed by atoms with van der Waals surface area (Å²) in [5.41, 5.74) is 0.229. The molecule has 15 heavy (non-hydrogen) atoms. The minimum atomic E-state index is -2.83. The minimum Gasteiger partial charge on any atom is -0.395 e. The van der Waals surface area contributed by atoms with Crippen molar-refractivity contribution >= 4 is 0 Å². The Hall–Kier alpha value is -0.960. The predicted octanol–water partition coefficient (Wildman–Crippen LogP) is 3.07. The molecule has 0 aromatic heterocycles. The fourth-order valence-electron chi connectivity index (χ4n) is 1.30. The number of hydrogen-bond donors (Lipinski definition) is 1. The molecule has 0 aliphatic rings. The third kappa shape index (κ3) is 2.75. The zero-order chi connectivity index (χ0) is 11.7. The van der Waals surface area contributed by atoms with Gasteiger partial charge < -0.3 is 5.11 Å². The van der Waals surface area contributed by atoms with Crippen LogP contribution in [0.5, 0.6) is 0 Å². The fourth-order valence-corrected chi connectivity index (χ4v) is 1.30. The summed E-state index contributed by atoms with van der Waals surface area (Å²) in [7, 11) is 0. The van der Waals surface area contributed by atoms with E-state index >= 15 is 0 Å². The highest BCUT2D eigenvalue weighted by molar-refractivity contribution is 5.31. The summed E-state index contributed by atoms with van der Waals surface area (Å²) in [4.78, 5) is 0. The van der Waals surface area contributed by atoms with E-state index in [0.29, 0.717) is 0 Å². The molecule has 0 saturated heterocycles. The smallest absolute Gasteiger partial charge is 0.270 e. The summed E-state index contributed by atoms with van der Waals surface area (Å²) in [5, 5.41) is 9.15. The van der Waals surface area contributed by atoms with E-state index in [4.69, 9.17) is 5.11 Å². The molecule has 84 valence electrons. The van der Waals surface area contributed by atoms with Gasteiger partial charge in [0.1, 0.15) is 0 Å².